The average molecular weight is 193 g/mol. The van der Waals surface area contributed by atoms with Crippen LogP contribution >= 0.6 is 0 Å². The van der Waals surface area contributed by atoms with E-state index in [1.165, 1.54) is 6.26 Å². The summed E-state index contributed by atoms with van der Waals surface area (Å²) in [6.45, 7) is 0.833. The van der Waals surface area contributed by atoms with E-state index >= 15 is 0 Å². The fourth-order valence-corrected chi connectivity index (χ4v) is 3.34. The van der Waals surface area contributed by atoms with Crippen molar-refractivity contribution in [2.45, 2.75) is 11.7 Å². The van der Waals surface area contributed by atoms with Crippen LogP contribution in [0.1, 0.15) is 6.42 Å². The smallest absolute Gasteiger partial charge is 0.151 e. The molecule has 0 aliphatic heterocycles. The highest BCUT2D eigenvalue weighted by atomic mass is 32.2. The molecule has 1 fully saturated rings. The molecule has 0 unspecified atom stereocenters. The largest absolute Gasteiger partial charge is 0.384 e. The maximum Gasteiger partial charge on any atom is 0.151 e. The van der Waals surface area contributed by atoms with E-state index < -0.39 is 9.84 Å². The van der Waals surface area contributed by atoms with Gasteiger partial charge in [-0.25, -0.2) is 8.42 Å². The van der Waals surface area contributed by atoms with E-state index in [9.17, 15) is 8.42 Å². The minimum absolute atomic E-state index is 0.282. The summed E-state index contributed by atoms with van der Waals surface area (Å²) in [4.78, 5) is 0. The lowest BCUT2D eigenvalue weighted by Crippen LogP contribution is -2.27. The summed E-state index contributed by atoms with van der Waals surface area (Å²) in [5.41, 5.74) is 5.21. The molecule has 1 saturated carbocycles. The van der Waals surface area contributed by atoms with Gasteiger partial charge in [0.25, 0.3) is 0 Å². The van der Waals surface area contributed by atoms with E-state index in [0.29, 0.717) is 19.6 Å². The Hall–Kier alpha value is -0.130. The van der Waals surface area contributed by atoms with Crippen LogP contribution in [0.2, 0.25) is 0 Å². The monoisotopic (exact) mass is 193 g/mol. The minimum Gasteiger partial charge on any atom is -0.384 e. The minimum atomic E-state index is -2.93. The first-order valence-electron chi connectivity index (χ1n) is 3.84. The Kier molecular flexibility index (Phi) is 2.47. The van der Waals surface area contributed by atoms with Gasteiger partial charge in [0.05, 0.1) is 11.9 Å². The van der Waals surface area contributed by atoms with Gasteiger partial charge >= 0.3 is 0 Å². The topological polar surface area (TPSA) is 69.4 Å². The summed E-state index contributed by atoms with van der Waals surface area (Å²) in [5.74, 6) is 0. The summed E-state index contributed by atoms with van der Waals surface area (Å²) in [6.07, 6.45) is 1.90. The van der Waals surface area contributed by atoms with Crippen LogP contribution in [0.25, 0.3) is 0 Å². The van der Waals surface area contributed by atoms with E-state index in [1.54, 1.807) is 7.11 Å². The summed E-state index contributed by atoms with van der Waals surface area (Å²) in [6, 6.07) is 0. The highest BCUT2D eigenvalue weighted by Crippen LogP contribution is 2.49. The number of hydrogen-bond acceptors (Lipinski definition) is 4. The van der Waals surface area contributed by atoms with Gasteiger partial charge in [-0.1, -0.05) is 0 Å². The summed E-state index contributed by atoms with van der Waals surface area (Å²) < 4.78 is 27.2. The van der Waals surface area contributed by atoms with Crippen LogP contribution in [0.4, 0.5) is 0 Å². The molecule has 72 valence electrons. The van der Waals surface area contributed by atoms with E-state index in [2.05, 4.69) is 0 Å². The molecular weight excluding hydrogens is 178 g/mol. The van der Waals surface area contributed by atoms with Crippen molar-refractivity contribution in [1.82, 2.24) is 0 Å². The molecule has 2 atom stereocenters. The molecule has 0 aromatic heterocycles. The van der Waals surface area contributed by atoms with Crippen LogP contribution in [0.15, 0.2) is 0 Å². The quantitative estimate of drug-likeness (QED) is 0.647. The number of hydrogen-bond donors (Lipinski definition) is 1. The standard InChI is InChI=1S/C7H15NO3S/c1-11-5-7(4-8)3-6(7)12(2,9)10/h6H,3-5,8H2,1-2H3/t6-,7-/m1/s1. The molecule has 0 saturated heterocycles. The molecule has 0 spiro atoms. The maximum atomic E-state index is 11.1. The van der Waals surface area contributed by atoms with Gasteiger partial charge in [-0.15, -0.1) is 0 Å². The first-order valence-corrected chi connectivity index (χ1v) is 5.79. The zero-order valence-electron chi connectivity index (χ0n) is 7.41. The average Bonchev–Trinajstić information content (AvgIpc) is 2.64. The Morgan fingerprint density at radius 3 is 2.50 bits per heavy atom. The number of rotatable bonds is 4. The van der Waals surface area contributed by atoms with Gasteiger partial charge in [-0.3, -0.25) is 0 Å². The Morgan fingerprint density at radius 2 is 2.25 bits per heavy atom. The summed E-state index contributed by atoms with van der Waals surface area (Å²) in [7, 11) is -1.37. The Balaban J connectivity index is 2.68. The van der Waals surface area contributed by atoms with Crippen LogP contribution in [0, 0.1) is 5.41 Å². The third kappa shape index (κ3) is 1.62. The zero-order valence-corrected chi connectivity index (χ0v) is 8.23. The van der Waals surface area contributed by atoms with Crippen LogP contribution < -0.4 is 5.73 Å². The predicted molar refractivity (Wildman–Crippen MR) is 46.6 cm³/mol. The van der Waals surface area contributed by atoms with Crippen molar-refractivity contribution in [3.05, 3.63) is 0 Å². The molecule has 0 aromatic rings. The van der Waals surface area contributed by atoms with Gasteiger partial charge in [0.1, 0.15) is 0 Å². The molecule has 0 radical (unpaired) electrons. The Labute approximate surface area is 73.0 Å². The Bertz CT molecular complexity index is 262. The molecule has 5 heteroatoms. The second kappa shape index (κ2) is 2.97. The van der Waals surface area contributed by atoms with Gasteiger partial charge in [0, 0.05) is 25.3 Å². The van der Waals surface area contributed by atoms with Gasteiger partial charge in [-0.05, 0) is 6.42 Å². The molecule has 1 rings (SSSR count). The van der Waals surface area contributed by atoms with Crippen molar-refractivity contribution in [2.24, 2.45) is 11.1 Å². The molecule has 2 N–H and O–H groups in total. The van der Waals surface area contributed by atoms with E-state index in [1.807, 2.05) is 0 Å². The lowest BCUT2D eigenvalue weighted by atomic mass is 10.1. The van der Waals surface area contributed by atoms with Crippen molar-refractivity contribution >= 4 is 9.84 Å². The van der Waals surface area contributed by atoms with Crippen molar-refractivity contribution in [2.75, 3.05) is 26.5 Å². The van der Waals surface area contributed by atoms with Gasteiger partial charge in [-0.2, -0.15) is 0 Å². The van der Waals surface area contributed by atoms with Crippen molar-refractivity contribution in [3.63, 3.8) is 0 Å². The maximum absolute atomic E-state index is 11.1. The van der Waals surface area contributed by atoms with Crippen molar-refractivity contribution < 1.29 is 13.2 Å². The van der Waals surface area contributed by atoms with Crippen LogP contribution in [0.3, 0.4) is 0 Å². The SMILES string of the molecule is COC[C@]1(CN)C[C@H]1S(C)(=O)=O. The fraction of sp³-hybridized carbons (Fsp3) is 1.00. The highest BCUT2D eigenvalue weighted by Gasteiger charge is 2.58. The van der Waals surface area contributed by atoms with Crippen molar-refractivity contribution in [3.8, 4) is 0 Å². The summed E-state index contributed by atoms with van der Waals surface area (Å²) in [5, 5.41) is -0.282. The molecule has 12 heavy (non-hydrogen) atoms. The Morgan fingerprint density at radius 1 is 1.67 bits per heavy atom. The second-order valence-electron chi connectivity index (χ2n) is 3.52. The first-order chi connectivity index (χ1) is 5.46. The molecule has 0 heterocycles. The first kappa shape index (κ1) is 9.95. The van der Waals surface area contributed by atoms with E-state index in [-0.39, 0.29) is 10.7 Å². The molecule has 0 aromatic carbocycles. The molecule has 1 aliphatic carbocycles. The number of ether oxygens (including phenoxy) is 1. The van der Waals surface area contributed by atoms with Gasteiger partial charge in [0.15, 0.2) is 9.84 Å². The zero-order chi connectivity index (χ0) is 9.41. The van der Waals surface area contributed by atoms with Gasteiger partial charge in [0.2, 0.25) is 0 Å². The highest BCUT2D eigenvalue weighted by molar-refractivity contribution is 7.91. The third-order valence-electron chi connectivity index (χ3n) is 2.47. The van der Waals surface area contributed by atoms with E-state index in [4.69, 9.17) is 10.5 Å². The number of methoxy groups -OCH3 is 1. The van der Waals surface area contributed by atoms with Crippen molar-refractivity contribution in [1.29, 1.82) is 0 Å². The second-order valence-corrected chi connectivity index (χ2v) is 5.75. The number of nitrogens with two attached hydrogens (primary N) is 1. The van der Waals surface area contributed by atoms with E-state index in [0.717, 1.165) is 0 Å². The summed E-state index contributed by atoms with van der Waals surface area (Å²) >= 11 is 0. The fourth-order valence-electron chi connectivity index (χ4n) is 1.63. The lowest BCUT2D eigenvalue weighted by Gasteiger charge is -2.11. The molecule has 0 bridgehead atoms. The van der Waals surface area contributed by atoms with Crippen LogP contribution in [-0.2, 0) is 14.6 Å². The predicted octanol–water partition coefficient (Wildman–Crippen LogP) is -0.605. The normalized spacial score (nSPS) is 35.1. The van der Waals surface area contributed by atoms with Gasteiger partial charge < -0.3 is 10.5 Å². The van der Waals surface area contributed by atoms with Crippen LogP contribution in [0.5, 0.6) is 0 Å². The molecule has 4 nitrogen and oxygen atoms in total. The number of sulfone groups is 1. The molecular formula is C7H15NO3S. The lowest BCUT2D eigenvalue weighted by molar-refractivity contribution is 0.145. The molecule has 0 amide bonds. The third-order valence-corrected chi connectivity index (χ3v) is 4.17. The molecule has 1 aliphatic rings. The van der Waals surface area contributed by atoms with Crippen LogP contribution in [-0.4, -0.2) is 40.2 Å².